The largest absolute Gasteiger partial charge is 0.346 e. The van der Waals surface area contributed by atoms with Gasteiger partial charge in [0, 0.05) is 26.6 Å². The van der Waals surface area contributed by atoms with E-state index in [2.05, 4.69) is 6.92 Å². The van der Waals surface area contributed by atoms with Crippen LogP contribution in [0.3, 0.4) is 0 Å². The van der Waals surface area contributed by atoms with Crippen LogP contribution in [0.2, 0.25) is 0 Å². The predicted molar refractivity (Wildman–Crippen MR) is 53.5 cm³/mol. The molecule has 0 atom stereocenters. The molecule has 0 unspecified atom stereocenters. The molecule has 1 amide bonds. The maximum atomic E-state index is 11.1. The van der Waals surface area contributed by atoms with E-state index in [0.29, 0.717) is 13.0 Å². The average Bonchev–Trinajstić information content (AvgIpc) is 2.00. The Bertz CT molecular complexity index is 120. The number of amides is 1. The molecule has 2 N–H and O–H groups in total. The van der Waals surface area contributed by atoms with Gasteiger partial charge in [-0.2, -0.15) is 0 Å². The van der Waals surface area contributed by atoms with Gasteiger partial charge < -0.3 is 10.6 Å². The lowest BCUT2D eigenvalue weighted by Crippen LogP contribution is -2.29. The summed E-state index contributed by atoms with van der Waals surface area (Å²) in [5.41, 5.74) is 5.25. The van der Waals surface area contributed by atoms with Crippen LogP contribution in [-0.2, 0) is 4.79 Å². The molecule has 0 spiro atoms. The van der Waals surface area contributed by atoms with Crippen LogP contribution in [0.25, 0.3) is 0 Å². The van der Waals surface area contributed by atoms with Crippen molar-refractivity contribution in [1.82, 2.24) is 4.90 Å². The molecule has 3 nitrogen and oxygen atoms in total. The molecule has 74 valence electrons. The molecule has 0 bridgehead atoms. The number of carbonyl (C=O) groups is 1. The van der Waals surface area contributed by atoms with E-state index < -0.39 is 0 Å². The van der Waals surface area contributed by atoms with Crippen LogP contribution in [0.15, 0.2) is 0 Å². The molecule has 0 aromatic rings. The lowest BCUT2D eigenvalue weighted by molar-refractivity contribution is -0.129. The number of hydrogen-bond acceptors (Lipinski definition) is 2. The lowest BCUT2D eigenvalue weighted by Gasteiger charge is -2.15. The summed E-state index contributed by atoms with van der Waals surface area (Å²) in [6, 6.07) is 0. The fraction of sp³-hybridized carbons (Fsp3) is 0.875. The first-order chi connectivity index (χ1) is 5.22. The van der Waals surface area contributed by atoms with Gasteiger partial charge >= 0.3 is 0 Å². The molecule has 0 aliphatic rings. The summed E-state index contributed by atoms with van der Waals surface area (Å²) < 4.78 is 0. The fourth-order valence-electron chi connectivity index (χ4n) is 0.834. The smallest absolute Gasteiger partial charge is 0.223 e. The summed E-state index contributed by atoms with van der Waals surface area (Å²) in [6.07, 6.45) is 2.67. The molecule has 4 heteroatoms. The third kappa shape index (κ3) is 6.43. The molecule has 0 fully saturated rings. The van der Waals surface area contributed by atoms with Crippen LogP contribution in [0.4, 0.5) is 0 Å². The third-order valence-corrected chi connectivity index (χ3v) is 1.63. The Morgan fingerprint density at radius 3 is 2.50 bits per heavy atom. The van der Waals surface area contributed by atoms with Gasteiger partial charge in [0.05, 0.1) is 0 Å². The van der Waals surface area contributed by atoms with Crippen LogP contribution >= 0.6 is 12.4 Å². The zero-order chi connectivity index (χ0) is 8.69. The van der Waals surface area contributed by atoms with E-state index in [0.717, 1.165) is 19.4 Å². The van der Waals surface area contributed by atoms with Crippen molar-refractivity contribution in [3.63, 3.8) is 0 Å². The molecule has 0 aromatic heterocycles. The van der Waals surface area contributed by atoms with Crippen molar-refractivity contribution in [1.29, 1.82) is 0 Å². The Morgan fingerprint density at radius 1 is 1.50 bits per heavy atom. The summed E-state index contributed by atoms with van der Waals surface area (Å²) in [7, 11) is 1.83. The quantitative estimate of drug-likeness (QED) is 0.711. The average molecular weight is 195 g/mol. The van der Waals surface area contributed by atoms with Crippen LogP contribution in [0.1, 0.15) is 26.2 Å². The molecule has 0 rings (SSSR count). The van der Waals surface area contributed by atoms with Gasteiger partial charge in [-0.05, 0) is 6.42 Å². The normalized spacial score (nSPS) is 8.92. The fourth-order valence-corrected chi connectivity index (χ4v) is 0.834. The van der Waals surface area contributed by atoms with E-state index in [-0.39, 0.29) is 18.3 Å². The highest BCUT2D eigenvalue weighted by molar-refractivity contribution is 5.85. The number of nitrogens with two attached hydrogens (primary N) is 1. The molecular weight excluding hydrogens is 176 g/mol. The number of unbranched alkanes of at least 4 members (excludes halogenated alkanes) is 1. The van der Waals surface area contributed by atoms with E-state index in [9.17, 15) is 4.79 Å². The van der Waals surface area contributed by atoms with E-state index >= 15 is 0 Å². The lowest BCUT2D eigenvalue weighted by atomic mass is 10.3. The van der Waals surface area contributed by atoms with Crippen molar-refractivity contribution in [2.24, 2.45) is 5.73 Å². The summed E-state index contributed by atoms with van der Waals surface area (Å²) in [5, 5.41) is 0. The van der Waals surface area contributed by atoms with Gasteiger partial charge in [-0.25, -0.2) is 0 Å². The Balaban J connectivity index is 0. The Morgan fingerprint density at radius 2 is 2.08 bits per heavy atom. The van der Waals surface area contributed by atoms with Gasteiger partial charge in [0.1, 0.15) is 0 Å². The minimum absolute atomic E-state index is 0. The molecule has 0 aromatic carbocycles. The van der Waals surface area contributed by atoms with Crippen molar-refractivity contribution in [3.05, 3.63) is 0 Å². The van der Waals surface area contributed by atoms with Gasteiger partial charge in [0.25, 0.3) is 0 Å². The van der Waals surface area contributed by atoms with E-state index in [1.165, 1.54) is 0 Å². The van der Waals surface area contributed by atoms with Crippen LogP contribution in [-0.4, -0.2) is 30.9 Å². The Kier molecular flexibility index (Phi) is 10.5. The molecule has 12 heavy (non-hydrogen) atoms. The third-order valence-electron chi connectivity index (χ3n) is 1.63. The van der Waals surface area contributed by atoms with Crippen molar-refractivity contribution >= 4 is 18.3 Å². The highest BCUT2D eigenvalue weighted by Crippen LogP contribution is 1.93. The molecule has 0 saturated heterocycles. The second-order valence-corrected chi connectivity index (χ2v) is 2.71. The topological polar surface area (TPSA) is 46.3 Å². The zero-order valence-corrected chi connectivity index (χ0v) is 8.69. The number of nitrogens with zero attached hydrogens (tertiary/aromatic N) is 1. The molecule has 0 saturated carbocycles. The maximum absolute atomic E-state index is 11.1. The van der Waals surface area contributed by atoms with Crippen molar-refractivity contribution < 1.29 is 4.79 Å². The van der Waals surface area contributed by atoms with Crippen LogP contribution < -0.4 is 5.73 Å². The second-order valence-electron chi connectivity index (χ2n) is 2.71. The highest BCUT2D eigenvalue weighted by atomic mass is 35.5. The van der Waals surface area contributed by atoms with Gasteiger partial charge in [0.2, 0.25) is 5.91 Å². The highest BCUT2D eigenvalue weighted by Gasteiger charge is 2.04. The van der Waals surface area contributed by atoms with E-state index in [1.54, 1.807) is 4.90 Å². The SMILES string of the molecule is CCCCN(C)C(=O)CCN.Cl. The van der Waals surface area contributed by atoms with E-state index in [1.807, 2.05) is 7.05 Å². The molecule has 0 radical (unpaired) electrons. The summed E-state index contributed by atoms with van der Waals surface area (Å²) >= 11 is 0. The minimum atomic E-state index is 0. The van der Waals surface area contributed by atoms with Gasteiger partial charge in [0.15, 0.2) is 0 Å². The second kappa shape index (κ2) is 8.81. The number of rotatable bonds is 5. The first kappa shape index (κ1) is 14.3. The number of hydrogen-bond donors (Lipinski definition) is 1. The number of halogens is 1. The van der Waals surface area contributed by atoms with Gasteiger partial charge in [-0.15, -0.1) is 12.4 Å². The maximum Gasteiger partial charge on any atom is 0.223 e. The van der Waals surface area contributed by atoms with Crippen molar-refractivity contribution in [2.45, 2.75) is 26.2 Å². The Hall–Kier alpha value is -0.280. The van der Waals surface area contributed by atoms with Gasteiger partial charge in [-0.1, -0.05) is 13.3 Å². The number of carbonyl (C=O) groups excluding carboxylic acids is 1. The standard InChI is InChI=1S/C8H18N2O.ClH/c1-3-4-7-10(2)8(11)5-6-9;/h3-7,9H2,1-2H3;1H. The molecule has 0 aliphatic heterocycles. The van der Waals surface area contributed by atoms with Crippen LogP contribution in [0.5, 0.6) is 0 Å². The first-order valence-electron chi connectivity index (χ1n) is 4.16. The first-order valence-corrected chi connectivity index (χ1v) is 4.16. The Labute approximate surface area is 80.7 Å². The predicted octanol–water partition coefficient (Wildman–Crippen LogP) is 1.02. The van der Waals surface area contributed by atoms with Crippen molar-refractivity contribution in [3.8, 4) is 0 Å². The summed E-state index contributed by atoms with van der Waals surface area (Å²) in [6.45, 7) is 3.42. The molecule has 0 aliphatic carbocycles. The minimum Gasteiger partial charge on any atom is -0.346 e. The summed E-state index contributed by atoms with van der Waals surface area (Å²) in [5.74, 6) is 0.154. The molecule has 0 heterocycles. The van der Waals surface area contributed by atoms with Gasteiger partial charge in [-0.3, -0.25) is 4.79 Å². The van der Waals surface area contributed by atoms with Crippen LogP contribution in [0, 0.1) is 0 Å². The monoisotopic (exact) mass is 194 g/mol. The van der Waals surface area contributed by atoms with E-state index in [4.69, 9.17) is 5.73 Å². The molecular formula is C8H19ClN2O. The zero-order valence-electron chi connectivity index (χ0n) is 7.88. The van der Waals surface area contributed by atoms with Crippen molar-refractivity contribution in [2.75, 3.05) is 20.1 Å². The summed E-state index contributed by atoms with van der Waals surface area (Å²) in [4.78, 5) is 12.8.